The summed E-state index contributed by atoms with van der Waals surface area (Å²) in [6, 6.07) is -4.46. The van der Waals surface area contributed by atoms with E-state index in [-0.39, 0.29) is 24.5 Å². The molecule has 0 aromatic carbocycles. The number of hydrogen-bond donors (Lipinski definition) is 7. The van der Waals surface area contributed by atoms with E-state index >= 15 is 0 Å². The molecule has 0 aliphatic rings. The molecule has 0 spiro atoms. The smallest absolute Gasteiger partial charge is 0.327 e. The summed E-state index contributed by atoms with van der Waals surface area (Å²) in [5.74, 6) is -4.19. The van der Waals surface area contributed by atoms with E-state index in [1.54, 1.807) is 0 Å². The van der Waals surface area contributed by atoms with Crippen LogP contribution >= 0.6 is 12.6 Å². The number of rotatable bonds is 12. The Morgan fingerprint density at radius 1 is 0.929 bits per heavy atom. The minimum absolute atomic E-state index is 0.0178. The number of thiol groups is 1. The lowest BCUT2D eigenvalue weighted by Gasteiger charge is -2.24. The summed E-state index contributed by atoms with van der Waals surface area (Å²) < 4.78 is 0. The molecule has 0 aliphatic heterocycles. The third-order valence-corrected chi connectivity index (χ3v) is 4.01. The first-order valence-electron chi connectivity index (χ1n) is 8.67. The summed E-state index contributed by atoms with van der Waals surface area (Å²) in [5, 5.41) is 16.2. The molecule has 4 unspecified atom stereocenters. The Morgan fingerprint density at radius 3 is 1.89 bits per heavy atom. The Kier molecular flexibility index (Phi) is 11.2. The van der Waals surface area contributed by atoms with Crippen molar-refractivity contribution in [2.24, 2.45) is 17.4 Å². The predicted molar refractivity (Wildman–Crippen MR) is 104 cm³/mol. The van der Waals surface area contributed by atoms with Crippen LogP contribution in [0.4, 0.5) is 0 Å². The fourth-order valence-corrected chi connectivity index (χ4v) is 2.40. The Bertz CT molecular complexity index is 600. The van der Waals surface area contributed by atoms with Crippen molar-refractivity contribution in [1.82, 2.24) is 16.0 Å². The number of hydrogen-bond acceptors (Lipinski definition) is 7. The van der Waals surface area contributed by atoms with Crippen LogP contribution < -0.4 is 27.4 Å². The van der Waals surface area contributed by atoms with Crippen molar-refractivity contribution in [1.29, 1.82) is 0 Å². The summed E-state index contributed by atoms with van der Waals surface area (Å²) in [5.41, 5.74) is 10.5. The van der Waals surface area contributed by atoms with Gasteiger partial charge < -0.3 is 32.5 Å². The Labute approximate surface area is 168 Å². The van der Waals surface area contributed by atoms with Gasteiger partial charge in [-0.1, -0.05) is 13.8 Å². The van der Waals surface area contributed by atoms with Crippen molar-refractivity contribution in [3.8, 4) is 0 Å². The first-order chi connectivity index (χ1) is 12.9. The van der Waals surface area contributed by atoms with Crippen LogP contribution in [-0.2, 0) is 24.0 Å². The maximum absolute atomic E-state index is 12.4. The van der Waals surface area contributed by atoms with Crippen LogP contribution in [0.1, 0.15) is 33.6 Å². The highest BCUT2D eigenvalue weighted by Gasteiger charge is 2.29. The maximum Gasteiger partial charge on any atom is 0.327 e. The van der Waals surface area contributed by atoms with Crippen LogP contribution in [-0.4, -0.2) is 64.6 Å². The van der Waals surface area contributed by atoms with E-state index in [9.17, 15) is 24.0 Å². The lowest BCUT2D eigenvalue weighted by molar-refractivity contribution is -0.141. The summed E-state index contributed by atoms with van der Waals surface area (Å²) in [4.78, 5) is 58.5. The number of carboxylic acids is 1. The SMILES string of the molecule is CC(C)CC(NC(=O)C(C)NC(=O)C(N)CC(N)=O)C(=O)NC(CS)C(=O)O. The van der Waals surface area contributed by atoms with Gasteiger partial charge in [0.05, 0.1) is 12.5 Å². The van der Waals surface area contributed by atoms with E-state index < -0.39 is 53.8 Å². The molecule has 160 valence electrons. The monoisotopic (exact) mass is 419 g/mol. The van der Waals surface area contributed by atoms with Gasteiger partial charge in [0, 0.05) is 5.75 Å². The fourth-order valence-electron chi connectivity index (χ4n) is 2.15. The third-order valence-electron chi connectivity index (χ3n) is 3.65. The molecule has 0 radical (unpaired) electrons. The Balaban J connectivity index is 5.00. The van der Waals surface area contributed by atoms with E-state index in [0.717, 1.165) is 0 Å². The van der Waals surface area contributed by atoms with Gasteiger partial charge in [0.2, 0.25) is 23.6 Å². The molecule has 12 heteroatoms. The van der Waals surface area contributed by atoms with Crippen molar-refractivity contribution < 1.29 is 29.1 Å². The summed E-state index contributed by atoms with van der Waals surface area (Å²) in [6.45, 7) is 5.03. The molecule has 4 atom stereocenters. The molecule has 8 N–H and O–H groups in total. The van der Waals surface area contributed by atoms with Crippen molar-refractivity contribution in [2.45, 2.75) is 57.8 Å². The average Bonchev–Trinajstić information content (AvgIpc) is 2.57. The van der Waals surface area contributed by atoms with Gasteiger partial charge in [0.1, 0.15) is 18.1 Å². The van der Waals surface area contributed by atoms with Gasteiger partial charge in [0.15, 0.2) is 0 Å². The van der Waals surface area contributed by atoms with Crippen molar-refractivity contribution in [3.63, 3.8) is 0 Å². The largest absolute Gasteiger partial charge is 0.480 e. The summed E-state index contributed by atoms with van der Waals surface area (Å²) >= 11 is 3.88. The zero-order chi connectivity index (χ0) is 22.0. The van der Waals surface area contributed by atoms with Gasteiger partial charge in [-0.15, -0.1) is 0 Å². The van der Waals surface area contributed by atoms with Gasteiger partial charge in [-0.3, -0.25) is 19.2 Å². The molecule has 0 saturated heterocycles. The van der Waals surface area contributed by atoms with Gasteiger partial charge in [-0.05, 0) is 19.3 Å². The number of carbonyl (C=O) groups is 5. The normalized spacial score (nSPS) is 15.1. The highest BCUT2D eigenvalue weighted by Crippen LogP contribution is 2.06. The lowest BCUT2D eigenvalue weighted by Crippen LogP contribution is -2.57. The van der Waals surface area contributed by atoms with Gasteiger partial charge >= 0.3 is 5.97 Å². The molecule has 28 heavy (non-hydrogen) atoms. The number of aliphatic carboxylic acids is 1. The molecule has 0 fully saturated rings. The molecule has 4 amide bonds. The summed E-state index contributed by atoms with van der Waals surface area (Å²) in [7, 11) is 0. The molecule has 0 aliphatic carbocycles. The van der Waals surface area contributed by atoms with Crippen LogP contribution in [0.2, 0.25) is 0 Å². The van der Waals surface area contributed by atoms with Crippen LogP contribution in [0.5, 0.6) is 0 Å². The van der Waals surface area contributed by atoms with E-state index in [0.29, 0.717) is 0 Å². The van der Waals surface area contributed by atoms with E-state index in [2.05, 4.69) is 28.6 Å². The maximum atomic E-state index is 12.4. The zero-order valence-corrected chi connectivity index (χ0v) is 17.0. The van der Waals surface area contributed by atoms with Crippen LogP contribution in [0.15, 0.2) is 0 Å². The predicted octanol–water partition coefficient (Wildman–Crippen LogP) is -2.28. The van der Waals surface area contributed by atoms with Crippen molar-refractivity contribution >= 4 is 42.2 Å². The second kappa shape index (κ2) is 12.2. The minimum atomic E-state index is -1.25. The number of primary amides is 1. The van der Waals surface area contributed by atoms with Gasteiger partial charge in [0.25, 0.3) is 0 Å². The number of carboxylic acid groups (broad SMARTS) is 1. The highest BCUT2D eigenvalue weighted by atomic mass is 32.1. The molecule has 0 saturated carbocycles. The van der Waals surface area contributed by atoms with Gasteiger partial charge in [-0.25, -0.2) is 4.79 Å². The number of nitrogens with two attached hydrogens (primary N) is 2. The standard InChI is InChI=1S/C16H29N5O6S/c1-7(2)4-10(15(25)21-11(6-28)16(26)27)20-13(23)8(3)19-14(24)9(17)5-12(18)22/h7-11,28H,4-6,17H2,1-3H3,(H2,18,22)(H,19,24)(H,20,23)(H,21,25)(H,26,27). The molecule has 0 aromatic heterocycles. The minimum Gasteiger partial charge on any atom is -0.480 e. The molecule has 11 nitrogen and oxygen atoms in total. The van der Waals surface area contributed by atoms with E-state index in [1.807, 2.05) is 13.8 Å². The number of carbonyl (C=O) groups excluding carboxylic acids is 4. The fraction of sp³-hybridized carbons (Fsp3) is 0.688. The molecule has 0 rings (SSSR count). The lowest BCUT2D eigenvalue weighted by atomic mass is 10.0. The number of amides is 4. The quantitative estimate of drug-likeness (QED) is 0.173. The first kappa shape index (κ1) is 25.7. The first-order valence-corrected chi connectivity index (χ1v) is 9.30. The summed E-state index contributed by atoms with van der Waals surface area (Å²) in [6.07, 6.45) is -0.128. The third kappa shape index (κ3) is 9.55. The molecular formula is C16H29N5O6S. The Hall–Kier alpha value is -2.34. The van der Waals surface area contributed by atoms with Crippen LogP contribution in [0, 0.1) is 5.92 Å². The topological polar surface area (TPSA) is 194 Å². The van der Waals surface area contributed by atoms with Crippen molar-refractivity contribution in [2.75, 3.05) is 5.75 Å². The van der Waals surface area contributed by atoms with E-state index in [4.69, 9.17) is 16.6 Å². The number of nitrogens with one attached hydrogen (secondary N) is 3. The van der Waals surface area contributed by atoms with Gasteiger partial charge in [-0.2, -0.15) is 12.6 Å². The second-order valence-electron chi connectivity index (χ2n) is 6.78. The average molecular weight is 420 g/mol. The van der Waals surface area contributed by atoms with E-state index in [1.165, 1.54) is 6.92 Å². The van der Waals surface area contributed by atoms with Crippen LogP contribution in [0.25, 0.3) is 0 Å². The second-order valence-corrected chi connectivity index (χ2v) is 7.15. The molecule has 0 bridgehead atoms. The highest BCUT2D eigenvalue weighted by molar-refractivity contribution is 7.80. The molecular weight excluding hydrogens is 390 g/mol. The molecule has 0 heterocycles. The van der Waals surface area contributed by atoms with Crippen molar-refractivity contribution in [3.05, 3.63) is 0 Å². The molecule has 0 aromatic rings. The zero-order valence-electron chi connectivity index (χ0n) is 16.1. The Morgan fingerprint density at radius 2 is 1.46 bits per heavy atom. The van der Waals surface area contributed by atoms with Crippen LogP contribution in [0.3, 0.4) is 0 Å².